The number of hydrogen-bond acceptors (Lipinski definition) is 6. The molecule has 0 amide bonds. The van der Waals surface area contributed by atoms with Crippen molar-refractivity contribution < 1.29 is 23.4 Å². The van der Waals surface area contributed by atoms with Crippen LogP contribution in [0.3, 0.4) is 0 Å². The fourth-order valence-corrected chi connectivity index (χ4v) is 5.34. The average molecular weight is 496 g/mol. The van der Waals surface area contributed by atoms with E-state index in [1.165, 1.54) is 0 Å². The summed E-state index contributed by atoms with van der Waals surface area (Å²) < 4.78 is 32.9. The highest BCUT2D eigenvalue weighted by Crippen LogP contribution is 2.59. The third-order valence-electron chi connectivity index (χ3n) is 7.21. The summed E-state index contributed by atoms with van der Waals surface area (Å²) in [5.74, 6) is 0.483. The SMILES string of the molecule is CCOc1cc2c(c(F)c1OCC)C(=N)N(CC(=O)c1cc3c(c(C(C)(C)C)c1)OCCN3)C21CC1. The summed E-state index contributed by atoms with van der Waals surface area (Å²) in [6.45, 7) is 11.8. The fourth-order valence-electron chi connectivity index (χ4n) is 5.34. The molecule has 0 atom stereocenters. The first-order valence-electron chi connectivity index (χ1n) is 12.7. The Balaban J connectivity index is 1.51. The molecule has 8 heteroatoms. The molecule has 0 bridgehead atoms. The molecule has 3 aliphatic rings. The molecule has 2 aromatic carbocycles. The van der Waals surface area contributed by atoms with E-state index >= 15 is 4.39 Å². The van der Waals surface area contributed by atoms with Crippen molar-refractivity contribution in [2.24, 2.45) is 0 Å². The number of halogens is 1. The maximum atomic E-state index is 15.7. The first kappa shape index (κ1) is 24.4. The van der Waals surface area contributed by atoms with Crippen molar-refractivity contribution in [3.05, 3.63) is 46.3 Å². The lowest BCUT2D eigenvalue weighted by Gasteiger charge is -2.30. The first-order valence-corrected chi connectivity index (χ1v) is 12.7. The van der Waals surface area contributed by atoms with E-state index < -0.39 is 11.4 Å². The van der Waals surface area contributed by atoms with Gasteiger partial charge in [0.2, 0.25) is 0 Å². The molecule has 5 rings (SSSR count). The van der Waals surface area contributed by atoms with Crippen LogP contribution in [-0.4, -0.2) is 49.4 Å². The van der Waals surface area contributed by atoms with Crippen molar-refractivity contribution in [2.75, 3.05) is 38.2 Å². The van der Waals surface area contributed by atoms with Crippen LogP contribution in [-0.2, 0) is 11.0 Å². The number of amidine groups is 1. The fraction of sp³-hybridized carbons (Fsp3) is 0.500. The second kappa shape index (κ2) is 8.68. The van der Waals surface area contributed by atoms with E-state index in [-0.39, 0.29) is 41.5 Å². The van der Waals surface area contributed by atoms with Crippen molar-refractivity contribution in [1.82, 2.24) is 4.90 Å². The van der Waals surface area contributed by atoms with Gasteiger partial charge >= 0.3 is 0 Å². The Morgan fingerprint density at radius 3 is 2.56 bits per heavy atom. The molecule has 1 aliphatic carbocycles. The van der Waals surface area contributed by atoms with E-state index in [2.05, 4.69) is 26.1 Å². The second-order valence-corrected chi connectivity index (χ2v) is 10.6. The zero-order chi connectivity index (χ0) is 25.8. The van der Waals surface area contributed by atoms with Gasteiger partial charge in [-0.05, 0) is 55.9 Å². The van der Waals surface area contributed by atoms with Gasteiger partial charge in [-0.2, -0.15) is 0 Å². The van der Waals surface area contributed by atoms with E-state index in [1.54, 1.807) is 17.9 Å². The highest BCUT2D eigenvalue weighted by atomic mass is 19.1. The Kier molecular flexibility index (Phi) is 5.88. The van der Waals surface area contributed by atoms with Crippen LogP contribution in [0.15, 0.2) is 18.2 Å². The maximum Gasteiger partial charge on any atom is 0.197 e. The highest BCUT2D eigenvalue weighted by molar-refractivity contribution is 6.08. The quantitative estimate of drug-likeness (QED) is 0.512. The van der Waals surface area contributed by atoms with Crippen molar-refractivity contribution in [1.29, 1.82) is 5.41 Å². The minimum absolute atomic E-state index is 0.00981. The maximum absolute atomic E-state index is 15.7. The molecule has 1 spiro atoms. The topological polar surface area (TPSA) is 83.9 Å². The molecule has 2 aliphatic heterocycles. The number of ether oxygens (including phenoxy) is 3. The third-order valence-corrected chi connectivity index (χ3v) is 7.21. The minimum atomic E-state index is -0.589. The predicted molar refractivity (Wildman–Crippen MR) is 137 cm³/mol. The Bertz CT molecular complexity index is 1250. The lowest BCUT2D eigenvalue weighted by Crippen LogP contribution is -2.38. The monoisotopic (exact) mass is 495 g/mol. The third kappa shape index (κ3) is 3.78. The van der Waals surface area contributed by atoms with Gasteiger partial charge < -0.3 is 24.4 Å². The lowest BCUT2D eigenvalue weighted by molar-refractivity contribution is 0.0943. The smallest absolute Gasteiger partial charge is 0.197 e. The number of carbonyl (C=O) groups is 1. The van der Waals surface area contributed by atoms with E-state index in [9.17, 15) is 4.79 Å². The van der Waals surface area contributed by atoms with Crippen LogP contribution in [0.1, 0.15) is 74.5 Å². The second-order valence-electron chi connectivity index (χ2n) is 10.6. The molecule has 2 aromatic rings. The molecule has 0 saturated heterocycles. The van der Waals surface area contributed by atoms with Gasteiger partial charge in [0, 0.05) is 17.7 Å². The van der Waals surface area contributed by atoms with Crippen molar-refractivity contribution in [3.63, 3.8) is 0 Å². The summed E-state index contributed by atoms with van der Waals surface area (Å²) in [7, 11) is 0. The van der Waals surface area contributed by atoms with Gasteiger partial charge in [0.25, 0.3) is 0 Å². The lowest BCUT2D eigenvalue weighted by atomic mass is 9.84. The summed E-state index contributed by atoms with van der Waals surface area (Å²) in [6, 6.07) is 5.54. The number of carbonyl (C=O) groups excluding carboxylic acids is 1. The number of Topliss-reactive ketones (excluding diaryl/α,β-unsaturated/α-hetero) is 1. The normalized spacial score (nSPS) is 17.3. The van der Waals surface area contributed by atoms with Crippen molar-refractivity contribution in [3.8, 4) is 17.2 Å². The molecule has 2 heterocycles. The van der Waals surface area contributed by atoms with Gasteiger partial charge in [-0.25, -0.2) is 4.39 Å². The number of anilines is 1. The van der Waals surface area contributed by atoms with Crippen molar-refractivity contribution in [2.45, 2.75) is 58.4 Å². The number of hydrogen-bond donors (Lipinski definition) is 2. The molecule has 0 aromatic heterocycles. The summed E-state index contributed by atoms with van der Waals surface area (Å²) in [5, 5.41) is 12.2. The zero-order valence-electron chi connectivity index (χ0n) is 21.6. The number of ketones is 1. The predicted octanol–water partition coefficient (Wildman–Crippen LogP) is 5.24. The van der Waals surface area contributed by atoms with Gasteiger partial charge in [-0.3, -0.25) is 10.2 Å². The summed E-state index contributed by atoms with van der Waals surface area (Å²) in [4.78, 5) is 15.4. The molecule has 1 fully saturated rings. The highest BCUT2D eigenvalue weighted by Gasteiger charge is 2.58. The standard InChI is InChI=1S/C28H34FN3O4/c1-6-34-21-14-17-22(23(29)25(21)35-7-2)26(30)32(28(17)8-9-28)15-20(33)16-12-18(27(3,4)5)24-19(13-16)31-10-11-36-24/h12-14,30-31H,6-11,15H2,1-5H3. The molecular weight excluding hydrogens is 461 g/mol. The van der Waals surface area contributed by atoms with E-state index in [1.807, 2.05) is 19.1 Å². The summed E-state index contributed by atoms with van der Waals surface area (Å²) in [6.07, 6.45) is 1.50. The molecule has 0 unspecified atom stereocenters. The van der Waals surface area contributed by atoms with E-state index in [0.29, 0.717) is 36.6 Å². The Labute approximate surface area is 211 Å². The van der Waals surface area contributed by atoms with Crippen LogP contribution in [0.4, 0.5) is 10.1 Å². The van der Waals surface area contributed by atoms with Crippen LogP contribution < -0.4 is 19.5 Å². The first-order chi connectivity index (χ1) is 17.1. The van der Waals surface area contributed by atoms with Crippen LogP contribution in [0.5, 0.6) is 17.2 Å². The van der Waals surface area contributed by atoms with Gasteiger partial charge in [0.05, 0.1) is 36.5 Å². The van der Waals surface area contributed by atoms with Gasteiger partial charge in [0.1, 0.15) is 18.2 Å². The number of nitrogens with one attached hydrogen (secondary N) is 2. The Hall–Kier alpha value is -3.29. The minimum Gasteiger partial charge on any atom is -0.490 e. The van der Waals surface area contributed by atoms with Gasteiger partial charge in [-0.1, -0.05) is 20.8 Å². The molecule has 7 nitrogen and oxygen atoms in total. The molecule has 0 radical (unpaired) electrons. The summed E-state index contributed by atoms with van der Waals surface area (Å²) in [5.41, 5.74) is 2.48. The number of fused-ring (bicyclic) bond motifs is 3. The number of benzene rings is 2. The average Bonchev–Trinajstić information content (AvgIpc) is 3.60. The molecule has 192 valence electrons. The molecule has 2 N–H and O–H groups in total. The molecule has 1 saturated carbocycles. The zero-order valence-corrected chi connectivity index (χ0v) is 21.6. The van der Waals surface area contributed by atoms with Crippen LogP contribution in [0.2, 0.25) is 0 Å². The van der Waals surface area contributed by atoms with E-state index in [4.69, 9.17) is 19.6 Å². The van der Waals surface area contributed by atoms with Crippen LogP contribution >= 0.6 is 0 Å². The number of nitrogens with zero attached hydrogens (tertiary/aromatic N) is 1. The van der Waals surface area contributed by atoms with Gasteiger partial charge in [-0.15, -0.1) is 0 Å². The van der Waals surface area contributed by atoms with Crippen LogP contribution in [0, 0.1) is 11.2 Å². The largest absolute Gasteiger partial charge is 0.490 e. The Morgan fingerprint density at radius 2 is 1.92 bits per heavy atom. The Morgan fingerprint density at radius 1 is 1.19 bits per heavy atom. The molecule has 36 heavy (non-hydrogen) atoms. The number of rotatable bonds is 7. The van der Waals surface area contributed by atoms with Crippen molar-refractivity contribution >= 4 is 17.3 Å². The van der Waals surface area contributed by atoms with Crippen LogP contribution in [0.25, 0.3) is 0 Å². The van der Waals surface area contributed by atoms with Gasteiger partial charge in [0.15, 0.2) is 23.1 Å². The van der Waals surface area contributed by atoms with E-state index in [0.717, 1.165) is 29.8 Å². The summed E-state index contributed by atoms with van der Waals surface area (Å²) >= 11 is 0. The molecular formula is C28H34FN3O4.